The van der Waals surface area contributed by atoms with Crippen molar-refractivity contribution in [2.24, 2.45) is 5.92 Å². The number of halogens is 1. The fourth-order valence-electron chi connectivity index (χ4n) is 3.95. The van der Waals surface area contributed by atoms with Crippen molar-refractivity contribution in [1.29, 1.82) is 0 Å². The molecule has 1 aromatic heterocycles. The van der Waals surface area contributed by atoms with Gasteiger partial charge in [0.15, 0.2) is 0 Å². The Morgan fingerprint density at radius 1 is 1.22 bits per heavy atom. The number of carbonyl (C=O) groups is 1. The molecule has 5 nitrogen and oxygen atoms in total. The molecule has 168 valence electrons. The molecule has 0 aliphatic carbocycles. The number of hydrogen-bond acceptors (Lipinski definition) is 3. The molecule has 0 aliphatic heterocycles. The van der Waals surface area contributed by atoms with E-state index >= 15 is 0 Å². The number of fused-ring (bicyclic) bond motifs is 1. The number of ether oxygens (including phenoxy) is 1. The minimum absolute atomic E-state index is 0.0409. The number of aliphatic carboxylic acids is 1. The molecule has 32 heavy (non-hydrogen) atoms. The average Bonchev–Trinajstić information content (AvgIpc) is 3.17. The van der Waals surface area contributed by atoms with Crippen molar-refractivity contribution in [2.75, 3.05) is 0 Å². The summed E-state index contributed by atoms with van der Waals surface area (Å²) in [6.07, 6.45) is 0.569. The molecule has 2 unspecified atom stereocenters. The second-order valence-electron chi connectivity index (χ2n) is 8.36. The van der Waals surface area contributed by atoms with Gasteiger partial charge in [0.2, 0.25) is 0 Å². The van der Waals surface area contributed by atoms with E-state index in [1.165, 1.54) is 0 Å². The van der Waals surface area contributed by atoms with Crippen LogP contribution in [0, 0.1) is 24.7 Å². The minimum atomic E-state index is -0.879. The Hall–Kier alpha value is -3.33. The second kappa shape index (κ2) is 10.3. The molecule has 2 N–H and O–H groups in total. The summed E-state index contributed by atoms with van der Waals surface area (Å²) in [7, 11) is 0. The van der Waals surface area contributed by atoms with Crippen molar-refractivity contribution in [3.63, 3.8) is 0 Å². The third-order valence-electron chi connectivity index (χ3n) is 5.52. The van der Waals surface area contributed by atoms with Gasteiger partial charge in [-0.3, -0.25) is 9.89 Å². The maximum Gasteiger partial charge on any atom is 0.304 e. The summed E-state index contributed by atoms with van der Waals surface area (Å²) in [5.41, 5.74) is 4.09. The van der Waals surface area contributed by atoms with Gasteiger partial charge < -0.3 is 9.84 Å². The van der Waals surface area contributed by atoms with Gasteiger partial charge in [0.1, 0.15) is 18.5 Å². The van der Waals surface area contributed by atoms with Crippen LogP contribution >= 0.6 is 0 Å². The highest BCUT2D eigenvalue weighted by Gasteiger charge is 2.21. The Morgan fingerprint density at radius 3 is 2.53 bits per heavy atom. The molecule has 0 fully saturated rings. The topological polar surface area (TPSA) is 75.2 Å². The number of H-pyrrole nitrogens is 1. The molecule has 1 heterocycles. The van der Waals surface area contributed by atoms with Crippen molar-refractivity contribution in [3.8, 4) is 17.6 Å². The van der Waals surface area contributed by atoms with E-state index in [0.717, 1.165) is 34.0 Å². The third kappa shape index (κ3) is 5.28. The fourth-order valence-corrected chi connectivity index (χ4v) is 3.95. The standard InChI is InChI=1S/C26H29FN2O3/c1-5-6-19(14-25(30)31)18-7-9-20(10-8-18)32-24(13-16(2)3)21-11-12-22-23(15-27)28-29-26(22)17(21)4/h7-12,16,19,24H,13-15H2,1-4H3,(H,28,29)(H,30,31). The van der Waals surface area contributed by atoms with Crippen molar-refractivity contribution < 1.29 is 19.0 Å². The van der Waals surface area contributed by atoms with Crippen LogP contribution in [-0.4, -0.2) is 21.3 Å². The molecule has 6 heteroatoms. The van der Waals surface area contributed by atoms with Crippen LogP contribution in [-0.2, 0) is 11.5 Å². The van der Waals surface area contributed by atoms with Gasteiger partial charge >= 0.3 is 5.97 Å². The molecular weight excluding hydrogens is 407 g/mol. The van der Waals surface area contributed by atoms with Gasteiger partial charge in [-0.1, -0.05) is 44.0 Å². The second-order valence-corrected chi connectivity index (χ2v) is 8.36. The first-order chi connectivity index (χ1) is 15.3. The summed E-state index contributed by atoms with van der Waals surface area (Å²) in [5.74, 6) is 5.64. The number of aromatic nitrogens is 2. The van der Waals surface area contributed by atoms with E-state index in [4.69, 9.17) is 9.84 Å². The summed E-state index contributed by atoms with van der Waals surface area (Å²) >= 11 is 0. The molecule has 2 atom stereocenters. The van der Waals surface area contributed by atoms with Crippen molar-refractivity contribution >= 4 is 16.9 Å². The predicted molar refractivity (Wildman–Crippen MR) is 123 cm³/mol. The first-order valence-electron chi connectivity index (χ1n) is 10.8. The number of carboxylic acids is 1. The maximum atomic E-state index is 13.2. The highest BCUT2D eigenvalue weighted by Crippen LogP contribution is 2.34. The molecule has 0 radical (unpaired) electrons. The van der Waals surface area contributed by atoms with Crippen molar-refractivity contribution in [2.45, 2.75) is 59.2 Å². The quantitative estimate of drug-likeness (QED) is 0.398. The van der Waals surface area contributed by atoms with E-state index in [1.807, 2.05) is 43.3 Å². The summed E-state index contributed by atoms with van der Waals surface area (Å²) in [6, 6.07) is 11.4. The van der Waals surface area contributed by atoms with Gasteiger partial charge in [-0.2, -0.15) is 5.10 Å². The average molecular weight is 437 g/mol. The number of rotatable bonds is 9. The van der Waals surface area contributed by atoms with Crippen LogP contribution in [0.2, 0.25) is 0 Å². The highest BCUT2D eigenvalue weighted by molar-refractivity contribution is 5.85. The normalized spacial score (nSPS) is 12.9. The summed E-state index contributed by atoms with van der Waals surface area (Å²) in [5, 5.41) is 17.0. The van der Waals surface area contributed by atoms with Crippen LogP contribution in [0.15, 0.2) is 36.4 Å². The number of nitrogens with zero attached hydrogens (tertiary/aromatic N) is 1. The Morgan fingerprint density at radius 2 is 1.94 bits per heavy atom. The van der Waals surface area contributed by atoms with Gasteiger partial charge in [-0.25, -0.2) is 4.39 Å². The molecule has 0 saturated carbocycles. The zero-order chi connectivity index (χ0) is 23.3. The van der Waals surface area contributed by atoms with Crippen LogP contribution in [0.5, 0.6) is 5.75 Å². The Balaban J connectivity index is 1.89. The van der Waals surface area contributed by atoms with Gasteiger partial charge in [0.25, 0.3) is 0 Å². The zero-order valence-corrected chi connectivity index (χ0v) is 18.9. The number of carboxylic acid groups (broad SMARTS) is 1. The van der Waals surface area contributed by atoms with Gasteiger partial charge in [0, 0.05) is 5.39 Å². The van der Waals surface area contributed by atoms with Gasteiger partial charge in [-0.15, -0.1) is 5.92 Å². The van der Waals surface area contributed by atoms with Crippen LogP contribution < -0.4 is 4.74 Å². The summed E-state index contributed by atoms with van der Waals surface area (Å²) in [4.78, 5) is 11.2. The largest absolute Gasteiger partial charge is 0.486 e. The monoisotopic (exact) mass is 436 g/mol. The highest BCUT2D eigenvalue weighted by atomic mass is 19.1. The molecule has 2 aromatic carbocycles. The number of alkyl halides is 1. The van der Waals surface area contributed by atoms with Crippen LogP contribution in [0.1, 0.15) is 68.0 Å². The number of aromatic amines is 1. The summed E-state index contributed by atoms with van der Waals surface area (Å²) < 4.78 is 19.6. The SMILES string of the molecule is CC#CC(CC(=O)O)c1ccc(OC(CC(C)C)c2ccc3c(CF)[nH]nc3c2C)cc1. The fraction of sp³-hybridized carbons (Fsp3) is 0.385. The first kappa shape index (κ1) is 23.3. The van der Waals surface area contributed by atoms with E-state index in [2.05, 4.69) is 35.9 Å². The lowest BCUT2D eigenvalue weighted by atomic mass is 9.94. The van der Waals surface area contributed by atoms with E-state index < -0.39 is 12.6 Å². The molecule has 0 bridgehead atoms. The number of nitrogens with one attached hydrogen (secondary N) is 1. The van der Waals surface area contributed by atoms with E-state index in [9.17, 15) is 9.18 Å². The van der Waals surface area contributed by atoms with Crippen LogP contribution in [0.25, 0.3) is 10.9 Å². The molecule has 3 rings (SSSR count). The molecule has 3 aromatic rings. The van der Waals surface area contributed by atoms with Gasteiger partial charge in [-0.05, 0) is 55.0 Å². The van der Waals surface area contributed by atoms with Crippen molar-refractivity contribution in [3.05, 3.63) is 58.8 Å². The smallest absolute Gasteiger partial charge is 0.304 e. The van der Waals surface area contributed by atoms with Crippen molar-refractivity contribution in [1.82, 2.24) is 10.2 Å². The predicted octanol–water partition coefficient (Wildman–Crippen LogP) is 6.09. The lowest BCUT2D eigenvalue weighted by Crippen LogP contribution is -2.12. The molecule has 0 aliphatic rings. The molecule has 0 spiro atoms. The van der Waals surface area contributed by atoms with Crippen LogP contribution in [0.3, 0.4) is 0 Å². The first-order valence-corrected chi connectivity index (χ1v) is 10.8. The molecular formula is C26H29FN2O3. The lowest BCUT2D eigenvalue weighted by Gasteiger charge is -2.23. The third-order valence-corrected chi connectivity index (χ3v) is 5.52. The molecule has 0 amide bonds. The summed E-state index contributed by atoms with van der Waals surface area (Å²) in [6.45, 7) is 7.39. The number of benzene rings is 2. The van der Waals surface area contributed by atoms with Crippen LogP contribution in [0.4, 0.5) is 4.39 Å². The lowest BCUT2D eigenvalue weighted by molar-refractivity contribution is -0.137. The Labute approximate surface area is 188 Å². The maximum absolute atomic E-state index is 13.2. The molecule has 0 saturated heterocycles. The Bertz CT molecular complexity index is 1140. The van der Waals surface area contributed by atoms with E-state index in [0.29, 0.717) is 17.4 Å². The Kier molecular flexibility index (Phi) is 7.53. The number of hydrogen-bond donors (Lipinski definition) is 2. The number of aryl methyl sites for hydroxylation is 1. The van der Waals surface area contributed by atoms with E-state index in [1.54, 1.807) is 6.92 Å². The minimum Gasteiger partial charge on any atom is -0.486 e. The van der Waals surface area contributed by atoms with Gasteiger partial charge in [0.05, 0.1) is 23.5 Å². The zero-order valence-electron chi connectivity index (χ0n) is 18.9. The van der Waals surface area contributed by atoms with E-state index in [-0.39, 0.29) is 18.4 Å².